The third-order valence-corrected chi connectivity index (χ3v) is 1.95. The van der Waals surface area contributed by atoms with E-state index in [0.29, 0.717) is 12.4 Å². The number of hydrogen-bond donors (Lipinski definition) is 0. The zero-order valence-corrected chi connectivity index (χ0v) is 8.06. The Morgan fingerprint density at radius 2 is 1.93 bits per heavy atom. The summed E-state index contributed by atoms with van der Waals surface area (Å²) in [5.41, 5.74) is 1.05. The molecule has 3 heteroatoms. The van der Waals surface area contributed by atoms with Gasteiger partial charge in [-0.2, -0.15) is 4.39 Å². The van der Waals surface area contributed by atoms with Crippen molar-refractivity contribution in [3.8, 4) is 5.75 Å². The van der Waals surface area contributed by atoms with Crippen molar-refractivity contribution >= 4 is 0 Å². The normalized spacial score (nSPS) is 9.93. The van der Waals surface area contributed by atoms with Crippen molar-refractivity contribution in [3.05, 3.63) is 60.2 Å². The van der Waals surface area contributed by atoms with Gasteiger partial charge < -0.3 is 4.74 Å². The summed E-state index contributed by atoms with van der Waals surface area (Å²) in [5.74, 6) is -0.0353. The van der Waals surface area contributed by atoms with E-state index in [0.717, 1.165) is 5.56 Å². The van der Waals surface area contributed by atoms with E-state index in [9.17, 15) is 4.39 Å². The van der Waals surface area contributed by atoms with Crippen LogP contribution in [0.4, 0.5) is 4.39 Å². The summed E-state index contributed by atoms with van der Waals surface area (Å²) >= 11 is 0. The minimum Gasteiger partial charge on any atom is -0.489 e. The van der Waals surface area contributed by atoms with Crippen molar-refractivity contribution in [2.24, 2.45) is 0 Å². The molecule has 0 saturated carbocycles. The van der Waals surface area contributed by atoms with Crippen LogP contribution in [-0.4, -0.2) is 4.98 Å². The van der Waals surface area contributed by atoms with Gasteiger partial charge in [-0.3, -0.25) is 0 Å². The van der Waals surface area contributed by atoms with Crippen molar-refractivity contribution in [1.29, 1.82) is 0 Å². The number of rotatable bonds is 3. The summed E-state index contributed by atoms with van der Waals surface area (Å²) in [6.45, 7) is 0.435. The minimum atomic E-state index is -0.527. The monoisotopic (exact) mass is 203 g/mol. The van der Waals surface area contributed by atoms with Crippen LogP contribution >= 0.6 is 0 Å². The summed E-state index contributed by atoms with van der Waals surface area (Å²) in [4.78, 5) is 3.45. The topological polar surface area (TPSA) is 22.1 Å². The zero-order valence-electron chi connectivity index (χ0n) is 8.06. The molecule has 0 aliphatic heterocycles. The van der Waals surface area contributed by atoms with Crippen LogP contribution in [0.1, 0.15) is 5.56 Å². The van der Waals surface area contributed by atoms with Crippen LogP contribution in [0.3, 0.4) is 0 Å². The lowest BCUT2D eigenvalue weighted by Crippen LogP contribution is -1.95. The van der Waals surface area contributed by atoms with Crippen LogP contribution in [0.5, 0.6) is 5.75 Å². The Morgan fingerprint density at radius 3 is 2.67 bits per heavy atom. The Kier molecular flexibility index (Phi) is 2.93. The fourth-order valence-corrected chi connectivity index (χ4v) is 1.22. The fourth-order valence-electron chi connectivity index (χ4n) is 1.22. The van der Waals surface area contributed by atoms with Gasteiger partial charge in [-0.05, 0) is 11.6 Å². The molecule has 0 radical (unpaired) electrons. The van der Waals surface area contributed by atoms with Crippen molar-refractivity contribution in [1.82, 2.24) is 4.98 Å². The first kappa shape index (κ1) is 9.65. The SMILES string of the molecule is Fc1cc(OCc2ccccc2)ccn1. The Balaban J connectivity index is 1.99. The molecule has 1 aromatic heterocycles. The predicted molar refractivity (Wildman–Crippen MR) is 55.0 cm³/mol. The minimum absolute atomic E-state index is 0.435. The van der Waals surface area contributed by atoms with Crippen LogP contribution in [-0.2, 0) is 6.61 Å². The second-order valence-electron chi connectivity index (χ2n) is 3.09. The van der Waals surface area contributed by atoms with Gasteiger partial charge in [0.25, 0.3) is 0 Å². The predicted octanol–water partition coefficient (Wildman–Crippen LogP) is 2.80. The molecule has 76 valence electrons. The number of benzene rings is 1. The number of aromatic nitrogens is 1. The van der Waals surface area contributed by atoms with E-state index in [1.807, 2.05) is 30.3 Å². The summed E-state index contributed by atoms with van der Waals surface area (Å²) in [7, 11) is 0. The maximum Gasteiger partial charge on any atom is 0.216 e. The lowest BCUT2D eigenvalue weighted by molar-refractivity contribution is 0.303. The number of pyridine rings is 1. The van der Waals surface area contributed by atoms with Crippen molar-refractivity contribution < 1.29 is 9.13 Å². The molecule has 0 aliphatic carbocycles. The highest BCUT2D eigenvalue weighted by Crippen LogP contribution is 2.12. The van der Waals surface area contributed by atoms with Crippen LogP contribution in [0, 0.1) is 5.95 Å². The maximum atomic E-state index is 12.7. The lowest BCUT2D eigenvalue weighted by atomic mass is 10.2. The molecule has 0 N–H and O–H groups in total. The molecule has 0 unspecified atom stereocenters. The molecule has 0 bridgehead atoms. The molecule has 2 nitrogen and oxygen atoms in total. The standard InChI is InChI=1S/C12H10FNO/c13-12-8-11(6-7-14-12)15-9-10-4-2-1-3-5-10/h1-8H,9H2. The molecule has 1 aromatic carbocycles. The van der Waals surface area contributed by atoms with E-state index < -0.39 is 5.95 Å². The van der Waals surface area contributed by atoms with Crippen LogP contribution in [0.15, 0.2) is 48.7 Å². The van der Waals surface area contributed by atoms with Gasteiger partial charge >= 0.3 is 0 Å². The van der Waals surface area contributed by atoms with E-state index >= 15 is 0 Å². The van der Waals surface area contributed by atoms with Gasteiger partial charge in [0, 0.05) is 12.3 Å². The average Bonchev–Trinajstić information content (AvgIpc) is 2.28. The highest BCUT2D eigenvalue weighted by molar-refractivity contribution is 5.20. The molecule has 0 atom stereocenters. The molecular weight excluding hydrogens is 193 g/mol. The first-order valence-corrected chi connectivity index (χ1v) is 4.63. The Morgan fingerprint density at radius 1 is 1.13 bits per heavy atom. The fraction of sp³-hybridized carbons (Fsp3) is 0.0833. The molecule has 2 aromatic rings. The molecule has 0 spiro atoms. The summed E-state index contributed by atoms with van der Waals surface area (Å²) in [6, 6.07) is 12.6. The smallest absolute Gasteiger partial charge is 0.216 e. The Labute approximate surface area is 87.4 Å². The van der Waals surface area contributed by atoms with E-state index in [1.54, 1.807) is 6.07 Å². The second-order valence-corrected chi connectivity index (χ2v) is 3.09. The van der Waals surface area contributed by atoms with E-state index in [4.69, 9.17) is 4.74 Å². The van der Waals surface area contributed by atoms with Gasteiger partial charge in [-0.15, -0.1) is 0 Å². The summed E-state index contributed by atoms with van der Waals surface area (Å²) in [5, 5.41) is 0. The van der Waals surface area contributed by atoms with Gasteiger partial charge in [-0.1, -0.05) is 30.3 Å². The van der Waals surface area contributed by atoms with E-state index in [2.05, 4.69) is 4.98 Å². The van der Waals surface area contributed by atoms with Gasteiger partial charge in [0.1, 0.15) is 12.4 Å². The third kappa shape index (κ3) is 2.77. The molecular formula is C12H10FNO. The molecule has 0 saturated heterocycles. The van der Waals surface area contributed by atoms with Gasteiger partial charge in [-0.25, -0.2) is 4.98 Å². The van der Waals surface area contributed by atoms with Crippen molar-refractivity contribution in [3.63, 3.8) is 0 Å². The molecule has 0 amide bonds. The number of nitrogens with zero attached hydrogens (tertiary/aromatic N) is 1. The number of ether oxygens (including phenoxy) is 1. The van der Waals surface area contributed by atoms with Gasteiger partial charge in [0.2, 0.25) is 5.95 Å². The summed E-state index contributed by atoms with van der Waals surface area (Å²) in [6.07, 6.45) is 1.38. The molecule has 2 rings (SSSR count). The molecule has 0 fully saturated rings. The van der Waals surface area contributed by atoms with Gasteiger partial charge in [0.15, 0.2) is 0 Å². The van der Waals surface area contributed by atoms with E-state index in [-0.39, 0.29) is 0 Å². The highest BCUT2D eigenvalue weighted by Gasteiger charge is 1.97. The second kappa shape index (κ2) is 4.55. The maximum absolute atomic E-state index is 12.7. The van der Waals surface area contributed by atoms with Crippen LogP contribution in [0.2, 0.25) is 0 Å². The molecule has 1 heterocycles. The highest BCUT2D eigenvalue weighted by atomic mass is 19.1. The first-order valence-electron chi connectivity index (χ1n) is 4.63. The quantitative estimate of drug-likeness (QED) is 0.715. The molecule has 0 aliphatic rings. The average molecular weight is 203 g/mol. The summed E-state index contributed by atoms with van der Waals surface area (Å²) < 4.78 is 18.1. The Bertz CT molecular complexity index is 431. The van der Waals surface area contributed by atoms with Gasteiger partial charge in [0.05, 0.1) is 0 Å². The van der Waals surface area contributed by atoms with Crippen molar-refractivity contribution in [2.75, 3.05) is 0 Å². The van der Waals surface area contributed by atoms with Crippen LogP contribution < -0.4 is 4.74 Å². The van der Waals surface area contributed by atoms with Crippen LogP contribution in [0.25, 0.3) is 0 Å². The first-order chi connectivity index (χ1) is 7.34. The Hall–Kier alpha value is -1.90. The van der Waals surface area contributed by atoms with Crippen molar-refractivity contribution in [2.45, 2.75) is 6.61 Å². The zero-order chi connectivity index (χ0) is 10.5. The molecule has 15 heavy (non-hydrogen) atoms. The lowest BCUT2D eigenvalue weighted by Gasteiger charge is -2.05. The number of halogens is 1. The third-order valence-electron chi connectivity index (χ3n) is 1.95. The number of hydrogen-bond acceptors (Lipinski definition) is 2. The largest absolute Gasteiger partial charge is 0.489 e. The van der Waals surface area contributed by atoms with E-state index in [1.165, 1.54) is 12.3 Å².